The van der Waals surface area contributed by atoms with Crippen LogP contribution in [-0.4, -0.2) is 24.1 Å². The molecule has 0 spiro atoms. The SMILES string of the molecule is Cc1c(C(=O)NS(=O)(=O)C2=Cc3ccccc3CC2)cnn1C. The van der Waals surface area contributed by atoms with Crippen molar-refractivity contribution >= 4 is 22.0 Å². The average molecular weight is 331 g/mol. The second-order valence-electron chi connectivity index (χ2n) is 5.51. The number of fused-ring (bicyclic) bond motifs is 1. The number of rotatable bonds is 3. The Hall–Kier alpha value is -2.41. The molecule has 0 saturated carbocycles. The number of carbonyl (C=O) groups is 1. The molecule has 0 unspecified atom stereocenters. The van der Waals surface area contributed by atoms with Crippen LogP contribution in [0.25, 0.3) is 6.08 Å². The van der Waals surface area contributed by atoms with E-state index < -0.39 is 15.9 Å². The van der Waals surface area contributed by atoms with Gasteiger partial charge in [-0.05, 0) is 37.0 Å². The number of amides is 1. The minimum Gasteiger partial charge on any atom is -0.272 e. The van der Waals surface area contributed by atoms with Gasteiger partial charge in [0.1, 0.15) is 0 Å². The molecule has 0 saturated heterocycles. The van der Waals surface area contributed by atoms with Gasteiger partial charge in [0.25, 0.3) is 15.9 Å². The normalized spacial score (nSPS) is 14.1. The van der Waals surface area contributed by atoms with E-state index in [1.54, 1.807) is 20.0 Å². The van der Waals surface area contributed by atoms with E-state index in [9.17, 15) is 13.2 Å². The maximum Gasteiger partial charge on any atom is 0.268 e. The summed E-state index contributed by atoms with van der Waals surface area (Å²) in [6.45, 7) is 1.71. The molecule has 2 aromatic rings. The predicted octanol–water partition coefficient (Wildman–Crippen LogP) is 1.78. The van der Waals surface area contributed by atoms with Crippen molar-refractivity contribution in [1.29, 1.82) is 0 Å². The molecule has 1 aromatic carbocycles. The van der Waals surface area contributed by atoms with Gasteiger partial charge in [0.2, 0.25) is 0 Å². The molecule has 1 N–H and O–H groups in total. The van der Waals surface area contributed by atoms with Crippen molar-refractivity contribution in [3.63, 3.8) is 0 Å². The highest BCUT2D eigenvalue weighted by Crippen LogP contribution is 2.26. The van der Waals surface area contributed by atoms with Gasteiger partial charge in [-0.2, -0.15) is 5.10 Å². The minimum absolute atomic E-state index is 0.228. The molecule has 1 aliphatic rings. The van der Waals surface area contributed by atoms with Gasteiger partial charge in [-0.15, -0.1) is 0 Å². The molecule has 0 bridgehead atoms. The van der Waals surface area contributed by atoms with E-state index in [1.165, 1.54) is 10.9 Å². The van der Waals surface area contributed by atoms with Gasteiger partial charge in [0, 0.05) is 12.7 Å². The Bertz CT molecular complexity index is 910. The Kier molecular flexibility index (Phi) is 3.81. The Labute approximate surface area is 134 Å². The largest absolute Gasteiger partial charge is 0.272 e. The zero-order chi connectivity index (χ0) is 16.6. The van der Waals surface area contributed by atoms with E-state index in [-0.39, 0.29) is 10.5 Å². The smallest absolute Gasteiger partial charge is 0.268 e. The van der Waals surface area contributed by atoms with Crippen molar-refractivity contribution in [3.8, 4) is 0 Å². The van der Waals surface area contributed by atoms with E-state index in [0.717, 1.165) is 11.1 Å². The molecular weight excluding hydrogens is 314 g/mol. The first-order chi connectivity index (χ1) is 10.9. The van der Waals surface area contributed by atoms with Crippen molar-refractivity contribution < 1.29 is 13.2 Å². The Morgan fingerprint density at radius 1 is 1.26 bits per heavy atom. The lowest BCUT2D eigenvalue weighted by Gasteiger charge is -2.16. The van der Waals surface area contributed by atoms with Crippen molar-refractivity contribution in [3.05, 3.63) is 57.8 Å². The molecule has 0 aliphatic heterocycles. The lowest BCUT2D eigenvalue weighted by Crippen LogP contribution is -2.32. The third kappa shape index (κ3) is 2.92. The van der Waals surface area contributed by atoms with Gasteiger partial charge in [0.15, 0.2) is 0 Å². The van der Waals surface area contributed by atoms with Crippen LogP contribution in [0.5, 0.6) is 0 Å². The second-order valence-corrected chi connectivity index (χ2v) is 7.25. The molecule has 1 aliphatic carbocycles. The van der Waals surface area contributed by atoms with E-state index in [4.69, 9.17) is 0 Å². The quantitative estimate of drug-likeness (QED) is 0.929. The predicted molar refractivity (Wildman–Crippen MR) is 87.1 cm³/mol. The van der Waals surface area contributed by atoms with Crippen molar-refractivity contribution in [1.82, 2.24) is 14.5 Å². The van der Waals surface area contributed by atoms with Gasteiger partial charge in [0.05, 0.1) is 16.7 Å². The molecule has 0 fully saturated rings. The van der Waals surface area contributed by atoms with Gasteiger partial charge in [-0.3, -0.25) is 9.48 Å². The highest BCUT2D eigenvalue weighted by molar-refractivity contribution is 7.94. The van der Waals surface area contributed by atoms with Crippen LogP contribution in [0.3, 0.4) is 0 Å². The van der Waals surface area contributed by atoms with Crippen LogP contribution in [-0.2, 0) is 23.5 Å². The Morgan fingerprint density at radius 3 is 2.70 bits per heavy atom. The van der Waals surface area contributed by atoms with E-state index in [0.29, 0.717) is 18.5 Å². The molecule has 7 heteroatoms. The van der Waals surface area contributed by atoms with E-state index in [1.807, 2.05) is 24.3 Å². The summed E-state index contributed by atoms with van der Waals surface area (Å²) in [5.41, 5.74) is 2.86. The fraction of sp³-hybridized carbons (Fsp3) is 0.250. The summed E-state index contributed by atoms with van der Waals surface area (Å²) in [5, 5.41) is 3.96. The molecule has 23 heavy (non-hydrogen) atoms. The standard InChI is InChI=1S/C16H17N3O3S/c1-11-15(10-17-19(11)2)16(20)18-23(21,22)14-8-7-12-5-3-4-6-13(12)9-14/h3-6,9-10H,7-8H2,1-2H3,(H,18,20). The minimum atomic E-state index is -3.86. The molecule has 3 rings (SSSR count). The first-order valence-electron chi connectivity index (χ1n) is 7.23. The number of sulfonamides is 1. The maximum atomic E-state index is 12.5. The third-order valence-electron chi connectivity index (χ3n) is 4.06. The maximum absolute atomic E-state index is 12.5. The van der Waals surface area contributed by atoms with Crippen molar-refractivity contribution in [2.45, 2.75) is 19.8 Å². The summed E-state index contributed by atoms with van der Waals surface area (Å²) in [6.07, 6.45) is 4.02. The summed E-state index contributed by atoms with van der Waals surface area (Å²) in [6, 6.07) is 7.64. The summed E-state index contributed by atoms with van der Waals surface area (Å²) >= 11 is 0. The number of nitrogens with zero attached hydrogens (tertiary/aromatic N) is 2. The molecule has 1 amide bonds. The zero-order valence-electron chi connectivity index (χ0n) is 12.9. The molecule has 0 atom stereocenters. The molecule has 1 aromatic heterocycles. The van der Waals surface area contributed by atoms with E-state index >= 15 is 0 Å². The van der Waals surface area contributed by atoms with Crippen LogP contribution < -0.4 is 4.72 Å². The molecule has 1 heterocycles. The first-order valence-corrected chi connectivity index (χ1v) is 8.71. The molecule has 120 valence electrons. The monoisotopic (exact) mass is 331 g/mol. The fourth-order valence-electron chi connectivity index (χ4n) is 2.58. The van der Waals surface area contributed by atoms with Crippen molar-refractivity contribution in [2.24, 2.45) is 7.05 Å². The van der Waals surface area contributed by atoms with Crippen molar-refractivity contribution in [2.75, 3.05) is 0 Å². The molecular formula is C16H17N3O3S. The fourth-order valence-corrected chi connectivity index (χ4v) is 3.72. The Balaban J connectivity index is 1.87. The lowest BCUT2D eigenvalue weighted by atomic mass is 9.98. The molecule has 0 radical (unpaired) electrons. The number of hydrogen-bond donors (Lipinski definition) is 1. The lowest BCUT2D eigenvalue weighted by molar-refractivity contribution is 0.0981. The number of allylic oxidation sites excluding steroid dienone is 1. The number of hydrogen-bond acceptors (Lipinski definition) is 4. The van der Waals surface area contributed by atoms with Crippen LogP contribution in [0, 0.1) is 6.92 Å². The van der Waals surface area contributed by atoms with Crippen LogP contribution >= 0.6 is 0 Å². The highest BCUT2D eigenvalue weighted by Gasteiger charge is 2.25. The zero-order valence-corrected chi connectivity index (χ0v) is 13.7. The van der Waals surface area contributed by atoms with Crippen LogP contribution in [0.15, 0.2) is 35.4 Å². The number of aromatic nitrogens is 2. The summed E-state index contributed by atoms with van der Waals surface area (Å²) in [5.74, 6) is -0.657. The summed E-state index contributed by atoms with van der Waals surface area (Å²) < 4.78 is 28.6. The summed E-state index contributed by atoms with van der Waals surface area (Å²) in [4.78, 5) is 12.4. The van der Waals surface area contributed by atoms with Crippen LogP contribution in [0.2, 0.25) is 0 Å². The Morgan fingerprint density at radius 2 is 2.00 bits per heavy atom. The topological polar surface area (TPSA) is 81.1 Å². The van der Waals surface area contributed by atoms with Crippen LogP contribution in [0.4, 0.5) is 0 Å². The van der Waals surface area contributed by atoms with Gasteiger partial charge < -0.3 is 0 Å². The number of carbonyl (C=O) groups excluding carboxylic acids is 1. The number of benzene rings is 1. The molecule has 6 nitrogen and oxygen atoms in total. The third-order valence-corrected chi connectivity index (χ3v) is 5.53. The average Bonchev–Trinajstić information content (AvgIpc) is 2.86. The van der Waals surface area contributed by atoms with Crippen LogP contribution in [0.1, 0.15) is 33.6 Å². The summed E-state index contributed by atoms with van der Waals surface area (Å²) in [7, 11) is -2.16. The number of nitrogens with one attached hydrogen (secondary N) is 1. The number of aryl methyl sites for hydroxylation is 2. The second kappa shape index (κ2) is 5.66. The van der Waals surface area contributed by atoms with E-state index in [2.05, 4.69) is 9.82 Å². The van der Waals surface area contributed by atoms with Gasteiger partial charge in [-0.25, -0.2) is 13.1 Å². The first kappa shape index (κ1) is 15.5. The highest BCUT2D eigenvalue weighted by atomic mass is 32.2. The van der Waals surface area contributed by atoms with Gasteiger partial charge in [-0.1, -0.05) is 24.3 Å². The van der Waals surface area contributed by atoms with Gasteiger partial charge >= 0.3 is 0 Å².